The van der Waals surface area contributed by atoms with E-state index in [0.29, 0.717) is 5.57 Å². The zero-order chi connectivity index (χ0) is 17.8. The SMILES string of the molecule is O=C1Nc2ccccc2C1=CNc1ccc(N2CCCCCCC2)cc1. The summed E-state index contributed by atoms with van der Waals surface area (Å²) in [4.78, 5) is 14.6. The lowest BCUT2D eigenvalue weighted by atomic mass is 10.1. The van der Waals surface area contributed by atoms with Gasteiger partial charge in [-0.1, -0.05) is 37.5 Å². The monoisotopic (exact) mass is 347 g/mol. The minimum absolute atomic E-state index is 0.0593. The molecule has 0 radical (unpaired) electrons. The molecule has 1 amide bonds. The topological polar surface area (TPSA) is 44.4 Å². The summed E-state index contributed by atoms with van der Waals surface area (Å²) < 4.78 is 0. The molecular formula is C22H25N3O. The standard InChI is InChI=1S/C22H25N3O/c26-22-20(19-8-4-5-9-21(19)24-22)16-23-17-10-12-18(13-11-17)25-14-6-2-1-3-7-15-25/h4-5,8-13,16,23H,1-3,6-7,14-15H2,(H,24,26). The summed E-state index contributed by atoms with van der Waals surface area (Å²) in [6.07, 6.45) is 8.41. The van der Waals surface area contributed by atoms with Gasteiger partial charge < -0.3 is 15.5 Å². The average Bonchev–Trinajstić information content (AvgIpc) is 2.95. The Balaban J connectivity index is 1.45. The molecule has 4 rings (SSSR count). The third-order valence-corrected chi connectivity index (χ3v) is 5.18. The van der Waals surface area contributed by atoms with Gasteiger partial charge in [0.1, 0.15) is 0 Å². The molecule has 1 saturated heterocycles. The van der Waals surface area contributed by atoms with Crippen LogP contribution in [0.5, 0.6) is 0 Å². The van der Waals surface area contributed by atoms with Crippen molar-refractivity contribution in [2.24, 2.45) is 0 Å². The van der Waals surface area contributed by atoms with E-state index in [0.717, 1.165) is 30.0 Å². The Bertz CT molecular complexity index is 802. The van der Waals surface area contributed by atoms with Crippen LogP contribution in [0, 0.1) is 0 Å². The molecule has 2 aromatic rings. The van der Waals surface area contributed by atoms with Crippen LogP contribution in [0.15, 0.2) is 54.7 Å². The molecular weight excluding hydrogens is 322 g/mol. The highest BCUT2D eigenvalue weighted by Crippen LogP contribution is 2.31. The summed E-state index contributed by atoms with van der Waals surface area (Å²) in [5.74, 6) is -0.0593. The normalized spacial score (nSPS) is 18.8. The van der Waals surface area contributed by atoms with Gasteiger partial charge in [0, 0.05) is 41.9 Å². The Morgan fingerprint density at radius 2 is 1.58 bits per heavy atom. The molecule has 0 unspecified atom stereocenters. The first-order valence-electron chi connectivity index (χ1n) is 9.54. The summed E-state index contributed by atoms with van der Waals surface area (Å²) in [6, 6.07) is 16.3. The van der Waals surface area contributed by atoms with E-state index >= 15 is 0 Å². The van der Waals surface area contributed by atoms with E-state index < -0.39 is 0 Å². The highest BCUT2D eigenvalue weighted by atomic mass is 16.2. The van der Waals surface area contributed by atoms with Crippen LogP contribution in [0.1, 0.15) is 37.7 Å². The van der Waals surface area contributed by atoms with Crippen LogP contribution in [0.4, 0.5) is 17.1 Å². The first kappa shape index (κ1) is 16.7. The van der Waals surface area contributed by atoms with Gasteiger partial charge in [-0.2, -0.15) is 0 Å². The molecule has 0 atom stereocenters. The van der Waals surface area contributed by atoms with Crippen molar-refractivity contribution in [3.63, 3.8) is 0 Å². The maximum absolute atomic E-state index is 12.1. The molecule has 4 heteroatoms. The first-order valence-corrected chi connectivity index (χ1v) is 9.54. The average molecular weight is 347 g/mol. The van der Waals surface area contributed by atoms with Gasteiger partial charge in [0.25, 0.3) is 5.91 Å². The molecule has 2 aromatic carbocycles. The van der Waals surface area contributed by atoms with Crippen LogP contribution in [0.3, 0.4) is 0 Å². The lowest BCUT2D eigenvalue weighted by molar-refractivity contribution is -0.110. The molecule has 0 bridgehead atoms. The highest BCUT2D eigenvalue weighted by Gasteiger charge is 2.23. The van der Waals surface area contributed by atoms with Crippen LogP contribution < -0.4 is 15.5 Å². The first-order chi connectivity index (χ1) is 12.8. The predicted molar refractivity (Wildman–Crippen MR) is 108 cm³/mol. The zero-order valence-electron chi connectivity index (χ0n) is 15.0. The van der Waals surface area contributed by atoms with E-state index in [1.54, 1.807) is 6.20 Å². The van der Waals surface area contributed by atoms with Crippen molar-refractivity contribution < 1.29 is 4.79 Å². The summed E-state index contributed by atoms with van der Waals surface area (Å²) in [5.41, 5.74) is 4.77. The fourth-order valence-electron chi connectivity index (χ4n) is 3.71. The van der Waals surface area contributed by atoms with Crippen molar-refractivity contribution in [2.75, 3.05) is 28.6 Å². The Kier molecular flexibility index (Phi) is 4.91. The van der Waals surface area contributed by atoms with Crippen LogP contribution in [-0.2, 0) is 4.79 Å². The summed E-state index contributed by atoms with van der Waals surface area (Å²) in [7, 11) is 0. The van der Waals surface area contributed by atoms with E-state index in [1.807, 2.05) is 24.3 Å². The molecule has 2 heterocycles. The molecule has 26 heavy (non-hydrogen) atoms. The molecule has 0 saturated carbocycles. The third-order valence-electron chi connectivity index (χ3n) is 5.18. The number of hydrogen-bond donors (Lipinski definition) is 2. The van der Waals surface area contributed by atoms with Crippen molar-refractivity contribution in [2.45, 2.75) is 32.1 Å². The van der Waals surface area contributed by atoms with E-state index in [4.69, 9.17) is 0 Å². The van der Waals surface area contributed by atoms with Crippen molar-refractivity contribution in [1.29, 1.82) is 0 Å². The van der Waals surface area contributed by atoms with E-state index in [9.17, 15) is 4.79 Å². The molecule has 0 aliphatic carbocycles. The van der Waals surface area contributed by atoms with Gasteiger partial charge in [0.05, 0.1) is 5.57 Å². The van der Waals surface area contributed by atoms with Gasteiger partial charge in [0.15, 0.2) is 0 Å². The Morgan fingerprint density at radius 1 is 0.885 bits per heavy atom. The largest absolute Gasteiger partial charge is 0.372 e. The van der Waals surface area contributed by atoms with Crippen molar-refractivity contribution in [1.82, 2.24) is 0 Å². The second-order valence-corrected chi connectivity index (χ2v) is 7.00. The van der Waals surface area contributed by atoms with Gasteiger partial charge in [-0.05, 0) is 43.2 Å². The van der Waals surface area contributed by atoms with E-state index in [2.05, 4.69) is 39.8 Å². The quantitative estimate of drug-likeness (QED) is 0.779. The number of carbonyl (C=O) groups is 1. The summed E-state index contributed by atoms with van der Waals surface area (Å²) >= 11 is 0. The number of anilines is 3. The Hall–Kier alpha value is -2.75. The lowest BCUT2D eigenvalue weighted by Gasteiger charge is -2.27. The number of fused-ring (bicyclic) bond motifs is 1. The number of benzene rings is 2. The predicted octanol–water partition coefficient (Wildman–Crippen LogP) is 4.86. The molecule has 0 aromatic heterocycles. The van der Waals surface area contributed by atoms with Gasteiger partial charge in [-0.25, -0.2) is 0 Å². The number of hydrogen-bond acceptors (Lipinski definition) is 3. The fourth-order valence-corrected chi connectivity index (χ4v) is 3.71. The maximum Gasteiger partial charge on any atom is 0.257 e. The zero-order valence-corrected chi connectivity index (χ0v) is 15.0. The second kappa shape index (κ2) is 7.65. The van der Waals surface area contributed by atoms with Crippen LogP contribution >= 0.6 is 0 Å². The van der Waals surface area contributed by atoms with Gasteiger partial charge in [0.2, 0.25) is 0 Å². The minimum Gasteiger partial charge on any atom is -0.372 e. The molecule has 134 valence electrons. The highest BCUT2D eigenvalue weighted by molar-refractivity contribution is 6.31. The molecule has 1 fully saturated rings. The Labute approximate surface area is 154 Å². The van der Waals surface area contributed by atoms with E-state index in [-0.39, 0.29) is 5.91 Å². The molecule has 2 aliphatic heterocycles. The van der Waals surface area contributed by atoms with Gasteiger partial charge in [-0.3, -0.25) is 4.79 Å². The summed E-state index contributed by atoms with van der Waals surface area (Å²) in [6.45, 7) is 2.29. The number of rotatable bonds is 3. The fraction of sp³-hybridized carbons (Fsp3) is 0.318. The molecule has 2 aliphatic rings. The van der Waals surface area contributed by atoms with Crippen LogP contribution in [0.25, 0.3) is 5.57 Å². The van der Waals surface area contributed by atoms with Gasteiger partial charge in [-0.15, -0.1) is 0 Å². The van der Waals surface area contributed by atoms with Gasteiger partial charge >= 0.3 is 0 Å². The third kappa shape index (κ3) is 3.59. The lowest BCUT2D eigenvalue weighted by Crippen LogP contribution is -2.26. The number of nitrogens with zero attached hydrogens (tertiary/aromatic N) is 1. The van der Waals surface area contributed by atoms with E-state index in [1.165, 1.54) is 37.8 Å². The second-order valence-electron chi connectivity index (χ2n) is 7.00. The van der Waals surface area contributed by atoms with Crippen molar-refractivity contribution in [3.05, 3.63) is 60.3 Å². The molecule has 0 spiro atoms. The number of carbonyl (C=O) groups excluding carboxylic acids is 1. The number of amides is 1. The Morgan fingerprint density at radius 3 is 2.35 bits per heavy atom. The maximum atomic E-state index is 12.1. The summed E-state index contributed by atoms with van der Waals surface area (Å²) in [5, 5.41) is 6.16. The molecule has 2 N–H and O–H groups in total. The number of para-hydroxylation sites is 1. The smallest absolute Gasteiger partial charge is 0.257 e. The number of nitrogens with one attached hydrogen (secondary N) is 2. The molecule has 4 nitrogen and oxygen atoms in total. The van der Waals surface area contributed by atoms with Crippen LogP contribution in [0.2, 0.25) is 0 Å². The minimum atomic E-state index is -0.0593. The van der Waals surface area contributed by atoms with Crippen molar-refractivity contribution >= 4 is 28.5 Å². The van der Waals surface area contributed by atoms with Crippen LogP contribution in [-0.4, -0.2) is 19.0 Å². The van der Waals surface area contributed by atoms with Crippen molar-refractivity contribution in [3.8, 4) is 0 Å².